The number of likely N-dealkylation sites (N-methyl/N-ethyl adjacent to an activating group) is 1. The summed E-state index contributed by atoms with van der Waals surface area (Å²) in [5.74, 6) is -2.47. The van der Waals surface area contributed by atoms with Crippen molar-refractivity contribution in [1.82, 2.24) is 20.4 Å². The van der Waals surface area contributed by atoms with Gasteiger partial charge >= 0.3 is 5.97 Å². The van der Waals surface area contributed by atoms with Crippen LogP contribution in [0.2, 0.25) is 0 Å². The lowest BCUT2D eigenvalue weighted by Crippen LogP contribution is -2.60. The van der Waals surface area contributed by atoms with E-state index in [1.54, 1.807) is 40.0 Å². The summed E-state index contributed by atoms with van der Waals surface area (Å²) in [7, 11) is 4.82. The number of benzene rings is 1. The standard InChI is InChI=1S/C37H61N5O7S/c1-11-23(4)31(41(8)34(44)30(22(2)3)40-36(47)37(6,7)38)28(48-9)21-29(43)42-19-15-18-27(42)32(49-10)24(5)33(50)39-26(35(45)46)20-25-16-13-12-14-17-25/h12-14,16-17,22-24,26-28,30-32H,11,15,18-21,38H2,1-10H3,(H,39,50)(H,40,47)(H,45,46)/t23-,24+,26-,27-,28+,30?,31-,32+/m0/s1. The molecule has 5 N–H and O–H groups in total. The van der Waals surface area contributed by atoms with Crippen LogP contribution in [0.3, 0.4) is 0 Å². The fourth-order valence-electron chi connectivity index (χ4n) is 6.72. The number of rotatable bonds is 19. The fourth-order valence-corrected chi connectivity index (χ4v) is 7.00. The van der Waals surface area contributed by atoms with Gasteiger partial charge in [-0.15, -0.1) is 0 Å². The Kier molecular flexibility index (Phi) is 16.8. The third-order valence-corrected chi connectivity index (χ3v) is 10.5. The average Bonchev–Trinajstić information content (AvgIpc) is 3.55. The van der Waals surface area contributed by atoms with Gasteiger partial charge in [-0.1, -0.05) is 83.6 Å². The molecule has 0 aromatic heterocycles. The summed E-state index contributed by atoms with van der Waals surface area (Å²) in [4.78, 5) is 56.8. The maximum atomic E-state index is 14.1. The van der Waals surface area contributed by atoms with Crippen LogP contribution in [0, 0.1) is 17.8 Å². The molecule has 0 radical (unpaired) electrons. The van der Waals surface area contributed by atoms with Gasteiger partial charge in [-0.2, -0.15) is 0 Å². The molecule has 282 valence electrons. The quantitative estimate of drug-likeness (QED) is 0.156. The lowest BCUT2D eigenvalue weighted by Gasteiger charge is -2.41. The predicted molar refractivity (Wildman–Crippen MR) is 198 cm³/mol. The predicted octanol–water partition coefficient (Wildman–Crippen LogP) is 3.40. The van der Waals surface area contributed by atoms with Gasteiger partial charge in [-0.3, -0.25) is 14.4 Å². The molecule has 0 bridgehead atoms. The zero-order valence-corrected chi connectivity index (χ0v) is 32.4. The molecule has 0 spiro atoms. The second-order valence-corrected chi connectivity index (χ2v) is 15.0. The van der Waals surface area contributed by atoms with E-state index in [9.17, 15) is 24.3 Å². The van der Waals surface area contributed by atoms with E-state index in [0.717, 1.165) is 18.4 Å². The van der Waals surface area contributed by atoms with Crippen LogP contribution < -0.4 is 16.4 Å². The molecule has 1 unspecified atom stereocenters. The first-order chi connectivity index (χ1) is 23.4. The number of carboxylic acid groups (broad SMARTS) is 1. The zero-order chi connectivity index (χ0) is 37.9. The maximum absolute atomic E-state index is 14.1. The Morgan fingerprint density at radius 1 is 1.08 bits per heavy atom. The number of amides is 3. The van der Waals surface area contributed by atoms with Crippen LogP contribution in [0.5, 0.6) is 0 Å². The Labute approximate surface area is 304 Å². The number of carboxylic acids is 1. The van der Waals surface area contributed by atoms with Crippen molar-refractivity contribution < 1.29 is 33.8 Å². The van der Waals surface area contributed by atoms with Gasteiger partial charge < -0.3 is 40.7 Å². The summed E-state index contributed by atoms with van der Waals surface area (Å²) in [6, 6.07) is 6.87. The maximum Gasteiger partial charge on any atom is 0.326 e. The van der Waals surface area contributed by atoms with Gasteiger partial charge in [0.1, 0.15) is 12.1 Å². The van der Waals surface area contributed by atoms with Crippen molar-refractivity contribution in [3.63, 3.8) is 0 Å². The topological polar surface area (TPSA) is 164 Å². The van der Waals surface area contributed by atoms with Crippen molar-refractivity contribution in [1.29, 1.82) is 0 Å². The number of ether oxygens (including phenoxy) is 2. The smallest absolute Gasteiger partial charge is 0.326 e. The van der Waals surface area contributed by atoms with Gasteiger partial charge in [0.25, 0.3) is 0 Å². The van der Waals surface area contributed by atoms with Crippen molar-refractivity contribution in [2.45, 2.75) is 122 Å². The summed E-state index contributed by atoms with van der Waals surface area (Å²) in [6.45, 7) is 13.4. The minimum atomic E-state index is -1.16. The molecular weight excluding hydrogens is 659 g/mol. The Balaban J connectivity index is 2.26. The van der Waals surface area contributed by atoms with Crippen LogP contribution in [0.15, 0.2) is 30.3 Å². The number of nitrogens with one attached hydrogen (secondary N) is 2. The van der Waals surface area contributed by atoms with Crippen LogP contribution in [0.4, 0.5) is 0 Å². The molecule has 0 aliphatic carbocycles. The zero-order valence-electron chi connectivity index (χ0n) is 31.6. The first-order valence-electron chi connectivity index (χ1n) is 17.7. The third kappa shape index (κ3) is 11.4. The number of hydrogen-bond donors (Lipinski definition) is 4. The molecule has 1 heterocycles. The minimum Gasteiger partial charge on any atom is -0.480 e. The number of nitrogens with two attached hydrogens (primary N) is 1. The fraction of sp³-hybridized carbons (Fsp3) is 0.703. The molecule has 1 aromatic carbocycles. The van der Waals surface area contributed by atoms with Crippen molar-refractivity contribution in [2.75, 3.05) is 27.8 Å². The van der Waals surface area contributed by atoms with Crippen LogP contribution in [0.25, 0.3) is 0 Å². The highest BCUT2D eigenvalue weighted by atomic mass is 32.1. The summed E-state index contributed by atoms with van der Waals surface area (Å²) < 4.78 is 11.9. The third-order valence-electron chi connectivity index (χ3n) is 9.96. The number of methoxy groups -OCH3 is 2. The van der Waals surface area contributed by atoms with Gasteiger partial charge in [0.05, 0.1) is 41.2 Å². The Morgan fingerprint density at radius 3 is 2.20 bits per heavy atom. The van der Waals surface area contributed by atoms with Gasteiger partial charge in [-0.25, -0.2) is 4.79 Å². The molecule has 50 heavy (non-hydrogen) atoms. The number of hydrogen-bond acceptors (Lipinski definition) is 8. The SMILES string of the molecule is CC[C@H](C)[C@@H]([C@@H](CC(=O)N1CCC[C@H]1[C@H](OC)[C@@H](C)C(=S)N[C@@H](Cc1ccccc1)C(=O)O)OC)N(C)C(=O)C(NC(=O)C(C)(C)N)C(C)C. The normalized spacial score (nSPS) is 19.1. The average molecular weight is 720 g/mol. The number of thiocarbonyl (C=S) groups is 1. The van der Waals surface area contributed by atoms with E-state index < -0.39 is 47.7 Å². The van der Waals surface area contributed by atoms with Crippen molar-refractivity contribution in [3.8, 4) is 0 Å². The molecule has 1 aromatic rings. The van der Waals surface area contributed by atoms with Crippen molar-refractivity contribution in [3.05, 3.63) is 35.9 Å². The molecule has 1 saturated heterocycles. The van der Waals surface area contributed by atoms with Gasteiger partial charge in [0, 0.05) is 40.2 Å². The van der Waals surface area contributed by atoms with E-state index in [1.165, 1.54) is 0 Å². The van der Waals surface area contributed by atoms with E-state index in [4.69, 9.17) is 27.4 Å². The summed E-state index contributed by atoms with van der Waals surface area (Å²) in [5, 5.41) is 15.8. The molecule has 13 heteroatoms. The van der Waals surface area contributed by atoms with Gasteiger partial charge in [0.2, 0.25) is 17.7 Å². The Hall–Kier alpha value is -3.13. The van der Waals surface area contributed by atoms with Gasteiger partial charge in [0.15, 0.2) is 0 Å². The summed E-state index contributed by atoms with van der Waals surface area (Å²) in [5.41, 5.74) is 5.73. The summed E-state index contributed by atoms with van der Waals surface area (Å²) in [6.07, 6.45) is 1.38. The molecule has 2 rings (SSSR count). The number of carbonyl (C=O) groups is 4. The number of carbonyl (C=O) groups excluding carboxylic acids is 3. The molecule has 1 fully saturated rings. The second kappa shape index (κ2) is 19.5. The minimum absolute atomic E-state index is 0.0276. The monoisotopic (exact) mass is 719 g/mol. The highest BCUT2D eigenvalue weighted by Gasteiger charge is 2.43. The summed E-state index contributed by atoms with van der Waals surface area (Å²) >= 11 is 5.73. The molecular formula is C37H61N5O7S. The van der Waals surface area contributed by atoms with Crippen molar-refractivity contribution >= 4 is 40.9 Å². The van der Waals surface area contributed by atoms with Crippen molar-refractivity contribution in [2.24, 2.45) is 23.5 Å². The second-order valence-electron chi connectivity index (χ2n) is 14.6. The number of likely N-dealkylation sites (tertiary alicyclic amines) is 1. The highest BCUT2D eigenvalue weighted by molar-refractivity contribution is 7.80. The number of aliphatic carboxylic acids is 1. The van der Waals surface area contributed by atoms with E-state index in [-0.39, 0.29) is 48.5 Å². The molecule has 12 nitrogen and oxygen atoms in total. The van der Waals surface area contributed by atoms with Gasteiger partial charge in [-0.05, 0) is 44.1 Å². The van der Waals surface area contributed by atoms with Crippen LogP contribution in [-0.2, 0) is 35.1 Å². The molecule has 1 aliphatic heterocycles. The lowest BCUT2D eigenvalue weighted by molar-refractivity contribution is -0.147. The van der Waals surface area contributed by atoms with E-state index >= 15 is 0 Å². The Bertz CT molecular complexity index is 1290. The van der Waals surface area contributed by atoms with E-state index in [0.29, 0.717) is 18.0 Å². The molecule has 8 atom stereocenters. The Morgan fingerprint density at radius 2 is 1.70 bits per heavy atom. The van der Waals surface area contributed by atoms with E-state index in [2.05, 4.69) is 10.6 Å². The van der Waals surface area contributed by atoms with Crippen LogP contribution in [-0.4, -0.2) is 113 Å². The lowest BCUT2D eigenvalue weighted by atomic mass is 9.89. The molecule has 0 saturated carbocycles. The molecule has 1 aliphatic rings. The van der Waals surface area contributed by atoms with Crippen LogP contribution in [0.1, 0.15) is 79.7 Å². The van der Waals surface area contributed by atoms with E-state index in [1.807, 2.05) is 69.9 Å². The first-order valence-corrected chi connectivity index (χ1v) is 18.1. The highest BCUT2D eigenvalue weighted by Crippen LogP contribution is 2.30. The number of nitrogens with zero attached hydrogens (tertiary/aromatic N) is 2. The largest absolute Gasteiger partial charge is 0.480 e. The van der Waals surface area contributed by atoms with Crippen LogP contribution >= 0.6 is 12.2 Å². The first kappa shape index (κ1) is 43.0. The molecule has 3 amide bonds.